The molecule has 0 radical (unpaired) electrons. The molecule has 0 heterocycles. The summed E-state index contributed by atoms with van der Waals surface area (Å²) in [6, 6.07) is 0. The predicted molar refractivity (Wildman–Crippen MR) is 61.2 cm³/mol. The molecule has 4 atom stereocenters. The first-order valence-corrected chi connectivity index (χ1v) is 6.20. The first-order chi connectivity index (χ1) is 6.48. The Bertz CT molecular complexity index is 178. The average molecular weight is 198 g/mol. The van der Waals surface area contributed by atoms with Crippen molar-refractivity contribution in [1.82, 2.24) is 0 Å². The van der Waals surface area contributed by atoms with Gasteiger partial charge in [0.1, 0.15) is 0 Å². The molecule has 0 amide bonds. The minimum Gasteiger partial charge on any atom is -0.390 e. The Morgan fingerprint density at radius 1 is 1.36 bits per heavy atom. The Balaban J connectivity index is 2.59. The summed E-state index contributed by atoms with van der Waals surface area (Å²) in [6.45, 7) is 8.95. The lowest BCUT2D eigenvalue weighted by Gasteiger charge is -2.42. The SMILES string of the molecule is CCC(C)CC1(O)CC(C)CCC1C. The van der Waals surface area contributed by atoms with E-state index in [-0.39, 0.29) is 5.60 Å². The van der Waals surface area contributed by atoms with Crippen LogP contribution in [0.1, 0.15) is 59.8 Å². The summed E-state index contributed by atoms with van der Waals surface area (Å²) in [6.07, 6.45) is 5.69. The van der Waals surface area contributed by atoms with E-state index in [1.165, 1.54) is 19.3 Å². The summed E-state index contributed by atoms with van der Waals surface area (Å²) < 4.78 is 0. The van der Waals surface area contributed by atoms with Crippen LogP contribution in [0.25, 0.3) is 0 Å². The molecule has 0 aliphatic heterocycles. The van der Waals surface area contributed by atoms with Crippen LogP contribution in [-0.2, 0) is 0 Å². The van der Waals surface area contributed by atoms with Crippen molar-refractivity contribution in [3.8, 4) is 0 Å². The highest BCUT2D eigenvalue weighted by molar-refractivity contribution is 4.90. The third-order valence-electron chi connectivity index (χ3n) is 4.11. The molecule has 0 aromatic carbocycles. The fourth-order valence-electron chi connectivity index (χ4n) is 2.74. The van der Waals surface area contributed by atoms with Crippen molar-refractivity contribution in [2.24, 2.45) is 17.8 Å². The molecule has 0 aromatic heterocycles. The van der Waals surface area contributed by atoms with Gasteiger partial charge in [-0.2, -0.15) is 0 Å². The molecule has 84 valence electrons. The van der Waals surface area contributed by atoms with Gasteiger partial charge < -0.3 is 5.11 Å². The average Bonchev–Trinajstić information content (AvgIpc) is 2.11. The van der Waals surface area contributed by atoms with Crippen molar-refractivity contribution in [3.05, 3.63) is 0 Å². The summed E-state index contributed by atoms with van der Waals surface area (Å²) in [5, 5.41) is 10.6. The van der Waals surface area contributed by atoms with E-state index in [1.807, 2.05) is 0 Å². The first-order valence-electron chi connectivity index (χ1n) is 6.20. The quantitative estimate of drug-likeness (QED) is 0.734. The van der Waals surface area contributed by atoms with Crippen LogP contribution in [0.5, 0.6) is 0 Å². The fraction of sp³-hybridized carbons (Fsp3) is 1.00. The molecule has 1 aliphatic rings. The molecule has 1 saturated carbocycles. The normalized spacial score (nSPS) is 40.9. The van der Waals surface area contributed by atoms with E-state index in [9.17, 15) is 5.11 Å². The minimum atomic E-state index is -0.368. The van der Waals surface area contributed by atoms with Gasteiger partial charge in [0.25, 0.3) is 0 Å². The Kier molecular flexibility index (Phi) is 4.00. The molecular weight excluding hydrogens is 172 g/mol. The maximum absolute atomic E-state index is 10.6. The number of rotatable bonds is 3. The van der Waals surface area contributed by atoms with Crippen LogP contribution >= 0.6 is 0 Å². The molecule has 1 N–H and O–H groups in total. The Hall–Kier alpha value is -0.0400. The van der Waals surface area contributed by atoms with Gasteiger partial charge in [0.2, 0.25) is 0 Å². The van der Waals surface area contributed by atoms with Crippen molar-refractivity contribution in [1.29, 1.82) is 0 Å². The van der Waals surface area contributed by atoms with E-state index in [4.69, 9.17) is 0 Å². The maximum Gasteiger partial charge on any atom is 0.0678 e. The molecule has 0 aromatic rings. The van der Waals surface area contributed by atoms with E-state index in [2.05, 4.69) is 27.7 Å². The van der Waals surface area contributed by atoms with Crippen molar-refractivity contribution in [3.63, 3.8) is 0 Å². The van der Waals surface area contributed by atoms with Crippen LogP contribution < -0.4 is 0 Å². The summed E-state index contributed by atoms with van der Waals surface area (Å²) in [5.74, 6) is 1.86. The molecule has 1 aliphatic carbocycles. The Morgan fingerprint density at radius 2 is 2.00 bits per heavy atom. The van der Waals surface area contributed by atoms with Crippen LogP contribution in [0.3, 0.4) is 0 Å². The van der Waals surface area contributed by atoms with E-state index in [0.717, 1.165) is 12.8 Å². The van der Waals surface area contributed by atoms with Crippen molar-refractivity contribution < 1.29 is 5.11 Å². The number of hydrogen-bond donors (Lipinski definition) is 1. The number of aliphatic hydroxyl groups is 1. The van der Waals surface area contributed by atoms with Crippen LogP contribution in [0.15, 0.2) is 0 Å². The van der Waals surface area contributed by atoms with Crippen molar-refractivity contribution in [2.45, 2.75) is 65.4 Å². The minimum absolute atomic E-state index is 0.368. The zero-order valence-corrected chi connectivity index (χ0v) is 10.2. The molecule has 4 unspecified atom stereocenters. The Labute approximate surface area is 88.9 Å². The zero-order chi connectivity index (χ0) is 10.8. The smallest absolute Gasteiger partial charge is 0.0678 e. The molecule has 1 fully saturated rings. The number of hydrogen-bond acceptors (Lipinski definition) is 1. The van der Waals surface area contributed by atoms with Gasteiger partial charge >= 0.3 is 0 Å². The van der Waals surface area contributed by atoms with E-state index in [0.29, 0.717) is 17.8 Å². The van der Waals surface area contributed by atoms with Gasteiger partial charge in [0.05, 0.1) is 5.60 Å². The molecule has 1 heteroatoms. The second kappa shape index (κ2) is 4.65. The molecule has 0 spiro atoms. The third kappa shape index (κ3) is 2.73. The summed E-state index contributed by atoms with van der Waals surface area (Å²) in [7, 11) is 0. The highest BCUT2D eigenvalue weighted by Gasteiger charge is 2.39. The van der Waals surface area contributed by atoms with E-state index < -0.39 is 0 Å². The second-order valence-corrected chi connectivity index (χ2v) is 5.61. The standard InChI is InChI=1S/C13H26O/c1-5-10(2)8-13(14)9-11(3)6-7-12(13)4/h10-12,14H,5-9H2,1-4H3. The van der Waals surface area contributed by atoms with E-state index in [1.54, 1.807) is 0 Å². The molecular formula is C13H26O. The van der Waals surface area contributed by atoms with Gasteiger partial charge in [-0.25, -0.2) is 0 Å². The highest BCUT2D eigenvalue weighted by atomic mass is 16.3. The van der Waals surface area contributed by atoms with Crippen LogP contribution in [-0.4, -0.2) is 10.7 Å². The summed E-state index contributed by atoms with van der Waals surface area (Å²) in [5.41, 5.74) is -0.368. The molecule has 0 bridgehead atoms. The van der Waals surface area contributed by atoms with Gasteiger partial charge in [0.15, 0.2) is 0 Å². The Morgan fingerprint density at radius 3 is 2.57 bits per heavy atom. The maximum atomic E-state index is 10.6. The largest absolute Gasteiger partial charge is 0.390 e. The van der Waals surface area contributed by atoms with Crippen LogP contribution in [0.2, 0.25) is 0 Å². The highest BCUT2D eigenvalue weighted by Crippen LogP contribution is 2.40. The van der Waals surface area contributed by atoms with E-state index >= 15 is 0 Å². The van der Waals surface area contributed by atoms with Gasteiger partial charge in [-0.3, -0.25) is 0 Å². The fourth-order valence-corrected chi connectivity index (χ4v) is 2.74. The van der Waals surface area contributed by atoms with Gasteiger partial charge in [-0.1, -0.05) is 40.5 Å². The van der Waals surface area contributed by atoms with Crippen LogP contribution in [0.4, 0.5) is 0 Å². The summed E-state index contributed by atoms with van der Waals surface area (Å²) in [4.78, 5) is 0. The van der Waals surface area contributed by atoms with Crippen molar-refractivity contribution >= 4 is 0 Å². The van der Waals surface area contributed by atoms with Gasteiger partial charge in [-0.15, -0.1) is 0 Å². The third-order valence-corrected chi connectivity index (χ3v) is 4.11. The van der Waals surface area contributed by atoms with Gasteiger partial charge in [0, 0.05) is 0 Å². The van der Waals surface area contributed by atoms with Crippen LogP contribution in [0, 0.1) is 17.8 Å². The van der Waals surface area contributed by atoms with Crippen molar-refractivity contribution in [2.75, 3.05) is 0 Å². The second-order valence-electron chi connectivity index (χ2n) is 5.61. The first kappa shape index (κ1) is 12.0. The lowest BCUT2D eigenvalue weighted by molar-refractivity contribution is -0.0725. The lowest BCUT2D eigenvalue weighted by Crippen LogP contribution is -2.43. The molecule has 1 nitrogen and oxygen atoms in total. The predicted octanol–water partition coefficient (Wildman–Crippen LogP) is 3.61. The topological polar surface area (TPSA) is 20.2 Å². The summed E-state index contributed by atoms with van der Waals surface area (Å²) >= 11 is 0. The molecule has 1 rings (SSSR count). The monoisotopic (exact) mass is 198 g/mol. The lowest BCUT2D eigenvalue weighted by atomic mass is 9.68. The van der Waals surface area contributed by atoms with Gasteiger partial charge in [-0.05, 0) is 37.0 Å². The molecule has 14 heavy (non-hydrogen) atoms. The zero-order valence-electron chi connectivity index (χ0n) is 10.2. The molecule has 0 saturated heterocycles.